The van der Waals surface area contributed by atoms with E-state index >= 15 is 0 Å². The summed E-state index contributed by atoms with van der Waals surface area (Å²) in [6, 6.07) is 0.358. The molecule has 0 aliphatic heterocycles. The molecule has 3 nitrogen and oxygen atoms in total. The van der Waals surface area contributed by atoms with Crippen LogP contribution in [0.5, 0.6) is 0 Å². The molecule has 2 aliphatic carbocycles. The molecule has 0 heterocycles. The van der Waals surface area contributed by atoms with Gasteiger partial charge in [0.05, 0.1) is 0 Å². The molecule has 0 spiro atoms. The lowest BCUT2D eigenvalue weighted by molar-refractivity contribution is -0.125. The molecule has 0 aromatic heterocycles. The van der Waals surface area contributed by atoms with Crippen molar-refractivity contribution in [2.45, 2.75) is 45.6 Å². The number of rotatable bonds is 5. The molecule has 2 fully saturated rings. The van der Waals surface area contributed by atoms with E-state index < -0.39 is 0 Å². The van der Waals surface area contributed by atoms with Crippen molar-refractivity contribution in [3.05, 3.63) is 0 Å². The van der Waals surface area contributed by atoms with Crippen molar-refractivity contribution in [2.24, 2.45) is 23.7 Å². The first kappa shape index (κ1) is 12.9. The van der Waals surface area contributed by atoms with E-state index in [4.69, 9.17) is 0 Å². The van der Waals surface area contributed by atoms with Crippen LogP contribution < -0.4 is 10.6 Å². The SMILES string of the molecule is CNCC(C)C(=O)NC(C)C1CC2CCC1C2. The fraction of sp³-hybridized carbons (Fsp3) is 0.929. The molecule has 1 amide bonds. The van der Waals surface area contributed by atoms with Gasteiger partial charge in [-0.25, -0.2) is 0 Å². The van der Waals surface area contributed by atoms with E-state index in [-0.39, 0.29) is 11.8 Å². The Balaban J connectivity index is 1.81. The first-order valence-electron chi connectivity index (χ1n) is 7.06. The lowest BCUT2D eigenvalue weighted by Crippen LogP contribution is -2.44. The van der Waals surface area contributed by atoms with Crippen LogP contribution in [-0.4, -0.2) is 25.5 Å². The lowest BCUT2D eigenvalue weighted by atomic mass is 9.84. The standard InChI is InChI=1S/C14H26N2O/c1-9(8-15-3)14(17)16-10(2)13-7-11-4-5-12(13)6-11/h9-13,15H,4-8H2,1-3H3,(H,16,17). The minimum Gasteiger partial charge on any atom is -0.353 e. The maximum Gasteiger partial charge on any atom is 0.224 e. The molecule has 0 aromatic rings. The van der Waals surface area contributed by atoms with Crippen molar-refractivity contribution in [3.63, 3.8) is 0 Å². The average molecular weight is 238 g/mol. The monoisotopic (exact) mass is 238 g/mol. The molecule has 2 saturated carbocycles. The van der Waals surface area contributed by atoms with E-state index in [2.05, 4.69) is 17.6 Å². The van der Waals surface area contributed by atoms with Gasteiger partial charge in [-0.15, -0.1) is 0 Å². The Labute approximate surface area is 105 Å². The third-order valence-electron chi connectivity index (χ3n) is 4.76. The number of fused-ring (bicyclic) bond motifs is 2. The summed E-state index contributed by atoms with van der Waals surface area (Å²) in [4.78, 5) is 12.0. The van der Waals surface area contributed by atoms with Crippen LogP contribution in [0.25, 0.3) is 0 Å². The summed E-state index contributed by atoms with van der Waals surface area (Å²) in [6.45, 7) is 4.93. The number of hydrogen-bond acceptors (Lipinski definition) is 2. The van der Waals surface area contributed by atoms with Gasteiger partial charge >= 0.3 is 0 Å². The number of carbonyl (C=O) groups is 1. The van der Waals surface area contributed by atoms with Gasteiger partial charge in [-0.3, -0.25) is 4.79 Å². The van der Waals surface area contributed by atoms with Crippen LogP contribution in [0.3, 0.4) is 0 Å². The maximum absolute atomic E-state index is 12.0. The molecular formula is C14H26N2O. The Bertz CT molecular complexity index is 279. The topological polar surface area (TPSA) is 41.1 Å². The largest absolute Gasteiger partial charge is 0.353 e. The highest BCUT2D eigenvalue weighted by Crippen LogP contribution is 2.49. The zero-order chi connectivity index (χ0) is 12.4. The Kier molecular flexibility index (Phi) is 4.08. The van der Waals surface area contributed by atoms with Crippen LogP contribution in [0.4, 0.5) is 0 Å². The van der Waals surface area contributed by atoms with Crippen LogP contribution in [0.1, 0.15) is 39.5 Å². The van der Waals surface area contributed by atoms with Gasteiger partial charge in [-0.05, 0) is 51.0 Å². The second kappa shape index (κ2) is 5.38. The lowest BCUT2D eigenvalue weighted by Gasteiger charge is -2.29. The van der Waals surface area contributed by atoms with Gasteiger partial charge in [0, 0.05) is 18.5 Å². The minimum absolute atomic E-state index is 0.0704. The summed E-state index contributed by atoms with van der Waals surface area (Å²) in [5.74, 6) is 2.85. The van der Waals surface area contributed by atoms with Gasteiger partial charge in [-0.1, -0.05) is 13.3 Å². The summed E-state index contributed by atoms with van der Waals surface area (Å²) in [7, 11) is 1.89. The molecule has 5 unspecified atom stereocenters. The molecule has 0 aromatic carbocycles. The number of hydrogen-bond donors (Lipinski definition) is 2. The van der Waals surface area contributed by atoms with Crippen molar-refractivity contribution >= 4 is 5.91 Å². The smallest absolute Gasteiger partial charge is 0.224 e. The van der Waals surface area contributed by atoms with Gasteiger partial charge in [0.25, 0.3) is 0 Å². The van der Waals surface area contributed by atoms with Crippen LogP contribution in [-0.2, 0) is 4.79 Å². The zero-order valence-electron chi connectivity index (χ0n) is 11.3. The van der Waals surface area contributed by atoms with Gasteiger partial charge in [-0.2, -0.15) is 0 Å². The van der Waals surface area contributed by atoms with Crippen LogP contribution in [0.2, 0.25) is 0 Å². The molecule has 2 aliphatic rings. The van der Waals surface area contributed by atoms with Crippen molar-refractivity contribution in [1.29, 1.82) is 0 Å². The first-order chi connectivity index (χ1) is 8.11. The van der Waals surface area contributed by atoms with Crippen LogP contribution >= 0.6 is 0 Å². The highest BCUT2D eigenvalue weighted by Gasteiger charge is 2.42. The molecule has 0 radical (unpaired) electrons. The summed E-state index contributed by atoms with van der Waals surface area (Å²) >= 11 is 0. The summed E-state index contributed by atoms with van der Waals surface area (Å²) in [5, 5.41) is 6.27. The number of amides is 1. The van der Waals surface area contributed by atoms with Gasteiger partial charge in [0.15, 0.2) is 0 Å². The van der Waals surface area contributed by atoms with Crippen molar-refractivity contribution < 1.29 is 4.79 Å². The Hall–Kier alpha value is -0.570. The van der Waals surface area contributed by atoms with Crippen LogP contribution in [0, 0.1) is 23.7 Å². The minimum atomic E-state index is 0.0704. The molecule has 2 N–H and O–H groups in total. The molecule has 0 saturated heterocycles. The van der Waals surface area contributed by atoms with E-state index in [1.165, 1.54) is 25.7 Å². The highest BCUT2D eigenvalue weighted by molar-refractivity contribution is 5.78. The Morgan fingerprint density at radius 2 is 2.06 bits per heavy atom. The molecule has 17 heavy (non-hydrogen) atoms. The summed E-state index contributed by atoms with van der Waals surface area (Å²) in [5.41, 5.74) is 0. The van der Waals surface area contributed by atoms with Gasteiger partial charge in [0.2, 0.25) is 5.91 Å². The third-order valence-corrected chi connectivity index (χ3v) is 4.76. The molecule has 98 valence electrons. The molecule has 3 heteroatoms. The predicted molar refractivity (Wildman–Crippen MR) is 69.6 cm³/mol. The fourth-order valence-electron chi connectivity index (χ4n) is 3.78. The average Bonchev–Trinajstić information content (AvgIpc) is 2.90. The van der Waals surface area contributed by atoms with Crippen molar-refractivity contribution in [3.8, 4) is 0 Å². The summed E-state index contributed by atoms with van der Waals surface area (Å²) in [6.07, 6.45) is 5.57. The van der Waals surface area contributed by atoms with E-state index in [0.717, 1.165) is 24.3 Å². The number of nitrogens with one attached hydrogen (secondary N) is 2. The molecule has 2 rings (SSSR count). The predicted octanol–water partition coefficient (Wildman–Crippen LogP) is 1.78. The molecular weight excluding hydrogens is 212 g/mol. The normalized spacial score (nSPS) is 34.6. The van der Waals surface area contributed by atoms with E-state index in [1.54, 1.807) is 0 Å². The fourth-order valence-corrected chi connectivity index (χ4v) is 3.78. The van der Waals surface area contributed by atoms with Gasteiger partial charge in [0.1, 0.15) is 0 Å². The third kappa shape index (κ3) is 2.82. The maximum atomic E-state index is 12.0. The van der Waals surface area contributed by atoms with E-state index in [9.17, 15) is 4.79 Å². The summed E-state index contributed by atoms with van der Waals surface area (Å²) < 4.78 is 0. The van der Waals surface area contributed by atoms with Crippen molar-refractivity contribution in [1.82, 2.24) is 10.6 Å². The van der Waals surface area contributed by atoms with E-state index in [1.807, 2.05) is 14.0 Å². The number of carbonyl (C=O) groups excluding carboxylic acids is 1. The quantitative estimate of drug-likeness (QED) is 0.766. The Morgan fingerprint density at radius 3 is 2.59 bits per heavy atom. The second-order valence-corrected chi connectivity index (χ2v) is 6.09. The first-order valence-corrected chi connectivity index (χ1v) is 7.06. The van der Waals surface area contributed by atoms with Crippen molar-refractivity contribution in [2.75, 3.05) is 13.6 Å². The van der Waals surface area contributed by atoms with E-state index in [0.29, 0.717) is 6.04 Å². The highest BCUT2D eigenvalue weighted by atomic mass is 16.1. The van der Waals surface area contributed by atoms with Gasteiger partial charge < -0.3 is 10.6 Å². The zero-order valence-corrected chi connectivity index (χ0v) is 11.3. The molecule has 2 bridgehead atoms. The van der Waals surface area contributed by atoms with Crippen LogP contribution in [0.15, 0.2) is 0 Å². The molecule has 5 atom stereocenters. The Morgan fingerprint density at radius 1 is 1.29 bits per heavy atom. The second-order valence-electron chi connectivity index (χ2n) is 6.09.